The van der Waals surface area contributed by atoms with Crippen LogP contribution in [0.4, 0.5) is 5.69 Å². The highest BCUT2D eigenvalue weighted by Gasteiger charge is 2.21. The molecule has 6 nitrogen and oxygen atoms in total. The molecule has 23 heavy (non-hydrogen) atoms. The number of carbonyl (C=O) groups is 2. The molecular formula is C17H25N3O3. The summed E-state index contributed by atoms with van der Waals surface area (Å²) >= 11 is 0. The van der Waals surface area contributed by atoms with E-state index in [0.717, 1.165) is 38.8 Å². The van der Waals surface area contributed by atoms with Crippen molar-refractivity contribution in [2.45, 2.75) is 31.7 Å². The lowest BCUT2D eigenvalue weighted by Gasteiger charge is -2.34. The average molecular weight is 319 g/mol. The van der Waals surface area contributed by atoms with Crippen LogP contribution in [0.1, 0.15) is 25.7 Å². The van der Waals surface area contributed by atoms with Crippen LogP contribution in [0, 0.1) is 0 Å². The van der Waals surface area contributed by atoms with E-state index in [-0.39, 0.29) is 12.6 Å². The minimum absolute atomic E-state index is 0.186. The summed E-state index contributed by atoms with van der Waals surface area (Å²) in [5.41, 5.74) is 0.603. The molecule has 2 amide bonds. The van der Waals surface area contributed by atoms with Crippen LogP contribution in [-0.4, -0.2) is 54.1 Å². The van der Waals surface area contributed by atoms with E-state index in [2.05, 4.69) is 15.5 Å². The van der Waals surface area contributed by atoms with Crippen molar-refractivity contribution in [3.63, 3.8) is 0 Å². The molecule has 1 atom stereocenters. The molecular weight excluding hydrogens is 294 g/mol. The van der Waals surface area contributed by atoms with Crippen molar-refractivity contribution in [3.8, 4) is 0 Å². The van der Waals surface area contributed by atoms with Gasteiger partial charge in [0.05, 0.1) is 6.61 Å². The highest BCUT2D eigenvalue weighted by molar-refractivity contribution is 6.39. The fraction of sp³-hybridized carbons (Fsp3) is 0.529. The molecule has 0 spiro atoms. The van der Waals surface area contributed by atoms with Crippen molar-refractivity contribution in [3.05, 3.63) is 30.3 Å². The highest BCUT2D eigenvalue weighted by Crippen LogP contribution is 2.16. The summed E-state index contributed by atoms with van der Waals surface area (Å²) in [5.74, 6) is -1.27. The average Bonchev–Trinajstić information content (AvgIpc) is 2.59. The number of carbonyl (C=O) groups excluding carboxylic acids is 2. The Balaban J connectivity index is 1.65. The Morgan fingerprint density at radius 3 is 2.70 bits per heavy atom. The first kappa shape index (κ1) is 17.4. The third-order valence-electron chi connectivity index (χ3n) is 4.11. The maximum absolute atomic E-state index is 11.7. The molecule has 6 heteroatoms. The van der Waals surface area contributed by atoms with Gasteiger partial charge in [-0.05, 0) is 37.9 Å². The Hall–Kier alpha value is -1.92. The van der Waals surface area contributed by atoms with Crippen molar-refractivity contribution in [1.82, 2.24) is 10.2 Å². The molecule has 1 heterocycles. The minimum Gasteiger partial charge on any atom is -0.395 e. The van der Waals surface area contributed by atoms with Gasteiger partial charge >= 0.3 is 11.8 Å². The van der Waals surface area contributed by atoms with Gasteiger partial charge in [-0.3, -0.25) is 14.5 Å². The second-order valence-corrected chi connectivity index (χ2v) is 5.80. The summed E-state index contributed by atoms with van der Waals surface area (Å²) in [4.78, 5) is 25.7. The summed E-state index contributed by atoms with van der Waals surface area (Å²) in [7, 11) is 0. The van der Waals surface area contributed by atoms with Gasteiger partial charge in [-0.25, -0.2) is 0 Å². The quantitative estimate of drug-likeness (QED) is 0.539. The Bertz CT molecular complexity index is 507. The van der Waals surface area contributed by atoms with E-state index >= 15 is 0 Å². The molecule has 0 saturated carbocycles. The van der Waals surface area contributed by atoms with E-state index in [0.29, 0.717) is 12.2 Å². The van der Waals surface area contributed by atoms with Crippen LogP contribution < -0.4 is 10.6 Å². The van der Waals surface area contributed by atoms with Gasteiger partial charge in [0.15, 0.2) is 0 Å². The molecule has 1 unspecified atom stereocenters. The van der Waals surface area contributed by atoms with Gasteiger partial charge in [-0.2, -0.15) is 0 Å². The maximum atomic E-state index is 11.7. The molecule has 126 valence electrons. The van der Waals surface area contributed by atoms with E-state index in [1.54, 1.807) is 24.3 Å². The molecule has 0 aliphatic carbocycles. The van der Waals surface area contributed by atoms with Crippen molar-refractivity contribution < 1.29 is 14.7 Å². The standard InChI is InChI=1S/C17H25N3O3/c21-13-15-9-4-5-11-20(15)12-6-10-18-16(22)17(23)19-14-7-2-1-3-8-14/h1-3,7-8,15,21H,4-6,9-13H2,(H,18,22)(H,19,23). The number of nitrogens with one attached hydrogen (secondary N) is 2. The van der Waals surface area contributed by atoms with Crippen LogP contribution in [0.2, 0.25) is 0 Å². The molecule has 1 saturated heterocycles. The number of para-hydroxylation sites is 1. The Morgan fingerprint density at radius 1 is 1.17 bits per heavy atom. The maximum Gasteiger partial charge on any atom is 0.313 e. The summed E-state index contributed by atoms with van der Waals surface area (Å²) in [6.45, 7) is 2.46. The summed E-state index contributed by atoms with van der Waals surface area (Å²) in [6, 6.07) is 9.14. The van der Waals surface area contributed by atoms with Crippen molar-refractivity contribution in [2.24, 2.45) is 0 Å². The van der Waals surface area contributed by atoms with Gasteiger partial charge in [0, 0.05) is 24.8 Å². The Kier molecular flexibility index (Phi) is 7.03. The van der Waals surface area contributed by atoms with Gasteiger partial charge < -0.3 is 15.7 Å². The summed E-state index contributed by atoms with van der Waals surface area (Å²) in [6.07, 6.45) is 4.11. The Labute approximate surface area is 136 Å². The third-order valence-corrected chi connectivity index (χ3v) is 4.11. The first-order chi connectivity index (χ1) is 11.2. The zero-order valence-corrected chi connectivity index (χ0v) is 13.3. The number of hydrogen-bond donors (Lipinski definition) is 3. The number of amides is 2. The number of likely N-dealkylation sites (tertiary alicyclic amines) is 1. The minimum atomic E-state index is -0.651. The highest BCUT2D eigenvalue weighted by atomic mass is 16.3. The van der Waals surface area contributed by atoms with E-state index in [4.69, 9.17) is 0 Å². The second-order valence-electron chi connectivity index (χ2n) is 5.80. The third kappa shape index (κ3) is 5.65. The molecule has 1 fully saturated rings. The fourth-order valence-electron chi connectivity index (χ4n) is 2.83. The largest absolute Gasteiger partial charge is 0.395 e. The number of aliphatic hydroxyl groups excluding tert-OH is 1. The topological polar surface area (TPSA) is 81.7 Å². The number of rotatable bonds is 6. The summed E-state index contributed by atoms with van der Waals surface area (Å²) < 4.78 is 0. The van der Waals surface area contributed by atoms with Crippen LogP contribution in [0.15, 0.2) is 30.3 Å². The molecule has 0 bridgehead atoms. The van der Waals surface area contributed by atoms with Gasteiger partial charge in [0.2, 0.25) is 0 Å². The van der Waals surface area contributed by atoms with Crippen LogP contribution in [-0.2, 0) is 9.59 Å². The molecule has 1 aliphatic rings. The predicted molar refractivity (Wildman–Crippen MR) is 89.0 cm³/mol. The lowest BCUT2D eigenvalue weighted by atomic mass is 10.0. The van der Waals surface area contributed by atoms with Crippen molar-refractivity contribution in [1.29, 1.82) is 0 Å². The lowest BCUT2D eigenvalue weighted by Crippen LogP contribution is -2.43. The number of aliphatic hydroxyl groups is 1. The molecule has 3 N–H and O–H groups in total. The molecule has 0 aromatic heterocycles. The first-order valence-electron chi connectivity index (χ1n) is 8.20. The monoisotopic (exact) mass is 319 g/mol. The first-order valence-corrected chi connectivity index (χ1v) is 8.20. The van der Waals surface area contributed by atoms with Gasteiger partial charge in [-0.15, -0.1) is 0 Å². The van der Waals surface area contributed by atoms with E-state index in [9.17, 15) is 14.7 Å². The zero-order valence-electron chi connectivity index (χ0n) is 13.3. The molecule has 1 aromatic carbocycles. The van der Waals surface area contributed by atoms with E-state index in [1.165, 1.54) is 0 Å². The van der Waals surface area contributed by atoms with Crippen LogP contribution >= 0.6 is 0 Å². The van der Waals surface area contributed by atoms with Crippen molar-refractivity contribution in [2.75, 3.05) is 31.6 Å². The van der Waals surface area contributed by atoms with Crippen LogP contribution in [0.25, 0.3) is 0 Å². The van der Waals surface area contributed by atoms with Crippen LogP contribution in [0.5, 0.6) is 0 Å². The summed E-state index contributed by atoms with van der Waals surface area (Å²) in [5, 5.41) is 14.5. The number of nitrogens with zero attached hydrogens (tertiary/aromatic N) is 1. The van der Waals surface area contributed by atoms with Crippen LogP contribution in [0.3, 0.4) is 0 Å². The number of benzene rings is 1. The van der Waals surface area contributed by atoms with E-state index < -0.39 is 11.8 Å². The SMILES string of the molecule is O=C(NCCCN1CCCCC1CO)C(=O)Nc1ccccc1. The zero-order chi connectivity index (χ0) is 16.5. The number of anilines is 1. The second kappa shape index (κ2) is 9.27. The number of hydrogen-bond acceptors (Lipinski definition) is 4. The van der Waals surface area contributed by atoms with Gasteiger partial charge in [0.1, 0.15) is 0 Å². The normalized spacial score (nSPS) is 18.4. The molecule has 1 aromatic rings. The van der Waals surface area contributed by atoms with Crippen molar-refractivity contribution >= 4 is 17.5 Å². The molecule has 0 radical (unpaired) electrons. The Morgan fingerprint density at radius 2 is 1.96 bits per heavy atom. The predicted octanol–water partition coefficient (Wildman–Crippen LogP) is 0.978. The number of piperidine rings is 1. The smallest absolute Gasteiger partial charge is 0.313 e. The van der Waals surface area contributed by atoms with E-state index in [1.807, 2.05) is 6.07 Å². The molecule has 2 rings (SSSR count). The fourth-order valence-corrected chi connectivity index (χ4v) is 2.83. The molecule has 1 aliphatic heterocycles. The van der Waals surface area contributed by atoms with Gasteiger partial charge in [-0.1, -0.05) is 24.6 Å². The lowest BCUT2D eigenvalue weighted by molar-refractivity contribution is -0.136. The van der Waals surface area contributed by atoms with Gasteiger partial charge in [0.25, 0.3) is 0 Å².